The molecule has 1 saturated heterocycles. The maximum absolute atomic E-state index is 14.0. The molecule has 1 N–H and O–H groups in total. The second kappa shape index (κ2) is 7.82. The van der Waals surface area contributed by atoms with E-state index in [1.807, 2.05) is 48.5 Å². The third-order valence-corrected chi connectivity index (χ3v) is 9.04. The topological polar surface area (TPSA) is 75.7 Å². The number of carbonyl (C=O) groups excluding carboxylic acids is 3. The molecule has 3 aromatic rings. The molecule has 0 radical (unpaired) electrons. The summed E-state index contributed by atoms with van der Waals surface area (Å²) in [5, 5.41) is 2.78. The van der Waals surface area contributed by atoms with E-state index in [9.17, 15) is 14.4 Å². The zero-order valence-electron chi connectivity index (χ0n) is 19.5. The minimum Gasteiger partial charge on any atom is -0.495 e. The summed E-state index contributed by atoms with van der Waals surface area (Å²) in [5.41, 5.74) is 3.31. The normalized spacial score (nSPS) is 28.3. The summed E-state index contributed by atoms with van der Waals surface area (Å²) >= 11 is 14.9. The molecule has 1 fully saturated rings. The van der Waals surface area contributed by atoms with Gasteiger partial charge in [0, 0.05) is 0 Å². The Hall–Kier alpha value is -3.35. The smallest absolute Gasteiger partial charge is 0.247 e. The van der Waals surface area contributed by atoms with Crippen molar-refractivity contribution in [2.45, 2.75) is 22.7 Å². The molecule has 0 spiro atoms. The first-order valence-corrected chi connectivity index (χ1v) is 12.4. The van der Waals surface area contributed by atoms with Gasteiger partial charge in [-0.15, -0.1) is 23.2 Å². The van der Waals surface area contributed by atoms with Crippen LogP contribution in [0.1, 0.15) is 29.2 Å². The molecule has 3 atom stereocenters. The van der Waals surface area contributed by atoms with E-state index >= 15 is 0 Å². The molecule has 0 aromatic heterocycles. The number of imide groups is 1. The summed E-state index contributed by atoms with van der Waals surface area (Å²) in [6, 6.07) is 20.7. The summed E-state index contributed by atoms with van der Waals surface area (Å²) in [5.74, 6) is -2.96. The first-order chi connectivity index (χ1) is 17.3. The molecule has 3 amide bonds. The van der Waals surface area contributed by atoms with E-state index in [2.05, 4.69) is 5.32 Å². The van der Waals surface area contributed by atoms with E-state index in [4.69, 9.17) is 27.9 Å². The zero-order valence-corrected chi connectivity index (χ0v) is 21.0. The molecule has 6 nitrogen and oxygen atoms in total. The molecular formula is C28H22Cl2N2O4. The van der Waals surface area contributed by atoms with E-state index in [1.54, 1.807) is 24.3 Å². The van der Waals surface area contributed by atoms with E-state index in [0.29, 0.717) is 11.4 Å². The van der Waals surface area contributed by atoms with Crippen LogP contribution < -0.4 is 10.1 Å². The molecule has 1 aliphatic heterocycles. The summed E-state index contributed by atoms with van der Waals surface area (Å²) < 4.78 is 5.31. The van der Waals surface area contributed by atoms with E-state index in [1.165, 1.54) is 14.0 Å². The summed E-state index contributed by atoms with van der Waals surface area (Å²) in [6.45, 7) is 1.53. The highest BCUT2D eigenvalue weighted by Gasteiger charge is 2.73. The van der Waals surface area contributed by atoms with Crippen LogP contribution in [0.15, 0.2) is 72.8 Å². The molecule has 4 aliphatic rings. The van der Waals surface area contributed by atoms with Gasteiger partial charge in [-0.05, 0) is 41.3 Å². The lowest BCUT2D eigenvalue weighted by atomic mass is 9.54. The van der Waals surface area contributed by atoms with Gasteiger partial charge in [0.2, 0.25) is 17.7 Å². The molecule has 7 rings (SSSR count). The van der Waals surface area contributed by atoms with Gasteiger partial charge in [-0.25, -0.2) is 0 Å². The summed E-state index contributed by atoms with van der Waals surface area (Å²) in [4.78, 5) is 39.7. The standard InChI is InChI=1S/C28H22Cl2N2O4/c1-15(24(33)31-20-13-7-8-14-21(20)36-2)32-25(34)22-23(26(32)35)28(30)17-10-4-3-9-16(17)27(22,29)18-11-5-6-12-19(18)28/h3-15,22-23H,1-2H3,(H,31,33)/t15-,22-,23-,27?,28?/m0/s1. The molecular weight excluding hydrogens is 499 g/mol. The number of para-hydroxylation sites is 2. The average molecular weight is 521 g/mol. The quantitative estimate of drug-likeness (QED) is 0.402. The van der Waals surface area contributed by atoms with Crippen molar-refractivity contribution in [3.05, 3.63) is 95.1 Å². The minimum absolute atomic E-state index is 0.441. The van der Waals surface area contributed by atoms with Crippen LogP contribution in [-0.4, -0.2) is 35.8 Å². The van der Waals surface area contributed by atoms with Gasteiger partial charge in [0.1, 0.15) is 21.5 Å². The van der Waals surface area contributed by atoms with Gasteiger partial charge in [0.15, 0.2) is 0 Å². The fourth-order valence-corrected chi connectivity index (χ4v) is 7.27. The number of benzene rings is 3. The minimum atomic E-state index is -1.28. The molecule has 36 heavy (non-hydrogen) atoms. The molecule has 1 heterocycles. The first kappa shape index (κ1) is 23.1. The number of alkyl halides is 2. The van der Waals surface area contributed by atoms with Crippen LogP contribution in [0.2, 0.25) is 0 Å². The van der Waals surface area contributed by atoms with Gasteiger partial charge in [0.25, 0.3) is 0 Å². The Morgan fingerprint density at radius 1 is 0.833 bits per heavy atom. The maximum atomic E-state index is 14.0. The Kier molecular flexibility index (Phi) is 5.01. The Morgan fingerprint density at radius 2 is 1.25 bits per heavy atom. The first-order valence-electron chi connectivity index (χ1n) is 11.6. The predicted octanol–water partition coefficient (Wildman–Crippen LogP) is 4.62. The van der Waals surface area contributed by atoms with Crippen molar-refractivity contribution in [1.29, 1.82) is 0 Å². The highest BCUT2D eigenvalue weighted by Crippen LogP contribution is 2.69. The highest BCUT2D eigenvalue weighted by molar-refractivity contribution is 6.36. The number of methoxy groups -OCH3 is 1. The van der Waals surface area contributed by atoms with E-state index in [0.717, 1.165) is 27.2 Å². The van der Waals surface area contributed by atoms with Gasteiger partial charge >= 0.3 is 0 Å². The van der Waals surface area contributed by atoms with E-state index in [-0.39, 0.29) is 0 Å². The van der Waals surface area contributed by atoms with Gasteiger partial charge < -0.3 is 10.1 Å². The number of likely N-dealkylation sites (tertiary alicyclic amines) is 1. The van der Waals surface area contributed by atoms with Crippen molar-refractivity contribution >= 4 is 46.6 Å². The Bertz CT molecular complexity index is 1330. The van der Waals surface area contributed by atoms with Crippen LogP contribution in [0.4, 0.5) is 5.69 Å². The van der Waals surface area contributed by atoms with Crippen molar-refractivity contribution in [3.63, 3.8) is 0 Å². The van der Waals surface area contributed by atoms with Crippen LogP contribution in [-0.2, 0) is 24.1 Å². The summed E-state index contributed by atoms with van der Waals surface area (Å²) in [7, 11) is 1.50. The number of nitrogens with one attached hydrogen (secondary N) is 1. The molecule has 2 bridgehead atoms. The predicted molar refractivity (Wildman–Crippen MR) is 136 cm³/mol. The number of hydrogen-bond acceptors (Lipinski definition) is 4. The van der Waals surface area contributed by atoms with Crippen LogP contribution >= 0.6 is 23.2 Å². The van der Waals surface area contributed by atoms with Crippen molar-refractivity contribution in [2.75, 3.05) is 12.4 Å². The maximum Gasteiger partial charge on any atom is 0.247 e. The number of anilines is 1. The van der Waals surface area contributed by atoms with Crippen molar-refractivity contribution < 1.29 is 19.1 Å². The van der Waals surface area contributed by atoms with Gasteiger partial charge in [-0.2, -0.15) is 0 Å². The average Bonchev–Trinajstić information content (AvgIpc) is 3.18. The molecule has 182 valence electrons. The van der Waals surface area contributed by atoms with E-state index < -0.39 is 45.3 Å². The lowest BCUT2D eigenvalue weighted by Crippen LogP contribution is -2.57. The van der Waals surface area contributed by atoms with Crippen LogP contribution in [0.5, 0.6) is 5.75 Å². The third-order valence-electron chi connectivity index (χ3n) is 7.75. The van der Waals surface area contributed by atoms with Crippen molar-refractivity contribution in [1.82, 2.24) is 4.90 Å². The van der Waals surface area contributed by atoms with Crippen LogP contribution in [0.3, 0.4) is 0 Å². The van der Waals surface area contributed by atoms with Gasteiger partial charge in [-0.1, -0.05) is 60.7 Å². The monoisotopic (exact) mass is 520 g/mol. The molecule has 3 aromatic carbocycles. The zero-order chi connectivity index (χ0) is 25.4. The highest BCUT2D eigenvalue weighted by atomic mass is 35.5. The third kappa shape index (κ3) is 2.71. The number of nitrogens with zero attached hydrogens (tertiary/aromatic N) is 1. The van der Waals surface area contributed by atoms with Gasteiger partial charge in [0.05, 0.1) is 24.6 Å². The number of amides is 3. The molecule has 0 saturated carbocycles. The Morgan fingerprint density at radius 3 is 1.69 bits per heavy atom. The number of hydrogen-bond donors (Lipinski definition) is 1. The molecule has 3 aliphatic carbocycles. The Balaban J connectivity index is 1.44. The Labute approximate surface area is 218 Å². The van der Waals surface area contributed by atoms with Crippen LogP contribution in [0, 0.1) is 11.8 Å². The molecule has 8 heteroatoms. The summed E-state index contributed by atoms with van der Waals surface area (Å²) in [6.07, 6.45) is 0. The lowest BCUT2D eigenvalue weighted by Gasteiger charge is -2.54. The fraction of sp³-hybridized carbons (Fsp3) is 0.250. The number of halogens is 2. The fourth-order valence-electron chi connectivity index (χ4n) is 6.17. The van der Waals surface area contributed by atoms with Crippen molar-refractivity contribution in [3.8, 4) is 5.75 Å². The van der Waals surface area contributed by atoms with Gasteiger partial charge in [-0.3, -0.25) is 19.3 Å². The largest absolute Gasteiger partial charge is 0.495 e. The lowest BCUT2D eigenvalue weighted by molar-refractivity contribution is -0.146. The second-order valence-corrected chi connectivity index (χ2v) is 10.6. The number of ether oxygens (including phenoxy) is 1. The number of carbonyl (C=O) groups is 3. The van der Waals surface area contributed by atoms with Crippen molar-refractivity contribution in [2.24, 2.45) is 11.8 Å². The SMILES string of the molecule is COc1ccccc1NC(=O)[C@H](C)N1C(=O)[C@@H]2[C@@H](C1=O)C1(Cl)c3ccccc3C2(Cl)c2ccccc21. The number of rotatable bonds is 4. The van der Waals surface area contributed by atoms with Crippen LogP contribution in [0.25, 0.3) is 0 Å². The second-order valence-electron chi connectivity index (χ2n) is 9.38. The molecule has 0 unspecified atom stereocenters.